The van der Waals surface area contributed by atoms with Crippen molar-refractivity contribution in [1.29, 1.82) is 0 Å². The minimum Gasteiger partial charge on any atom is -0.368 e. The molecule has 0 bridgehead atoms. The molecule has 3 nitrogen and oxygen atoms in total. The lowest BCUT2D eigenvalue weighted by Gasteiger charge is -2.23. The number of carbonyl (C=O) groups excluding carboxylic acids is 1. The molecule has 0 aromatic heterocycles. The van der Waals surface area contributed by atoms with Crippen LogP contribution in [-0.2, 0) is 11.2 Å². The molecule has 0 saturated heterocycles. The number of primary amides is 1. The summed E-state index contributed by atoms with van der Waals surface area (Å²) in [5.74, 6) is -0.319. The monoisotopic (exact) mass is 175 g/mol. The van der Waals surface area contributed by atoms with Gasteiger partial charge < -0.3 is 11.1 Å². The molecule has 0 spiro atoms. The number of fused-ring (bicyclic) bond motifs is 1. The molecule has 0 saturated carbocycles. The van der Waals surface area contributed by atoms with Crippen molar-refractivity contribution < 1.29 is 4.79 Å². The van der Waals surface area contributed by atoms with Gasteiger partial charge in [0.05, 0.1) is 0 Å². The minimum atomic E-state index is -0.332. The number of nitrogens with one attached hydrogen (secondary N) is 1. The fraction of sp³-hybridized carbons (Fsp3) is 0.300. The Morgan fingerprint density at radius 1 is 1.69 bits per heavy atom. The number of hydrogen-bond donors (Lipinski definition) is 2. The second-order valence-corrected chi connectivity index (χ2v) is 3.14. The highest BCUT2D eigenvalue weighted by atomic mass is 16.1. The fourth-order valence-corrected chi connectivity index (χ4v) is 1.68. The zero-order valence-corrected chi connectivity index (χ0v) is 7.21. The molecule has 67 valence electrons. The number of rotatable bonds is 1. The van der Waals surface area contributed by atoms with Crippen molar-refractivity contribution in [2.45, 2.75) is 12.5 Å². The van der Waals surface area contributed by atoms with Gasteiger partial charge in [0.25, 0.3) is 0 Å². The average molecular weight is 175 g/mol. The number of hydrogen-bond acceptors (Lipinski definition) is 2. The molecular formula is C10H11N2O. The molecular weight excluding hydrogens is 164 g/mol. The highest BCUT2D eigenvalue weighted by molar-refractivity contribution is 5.82. The van der Waals surface area contributed by atoms with Crippen LogP contribution in [0.3, 0.4) is 0 Å². The first-order valence-electron chi connectivity index (χ1n) is 4.31. The van der Waals surface area contributed by atoms with E-state index in [0.29, 0.717) is 0 Å². The van der Waals surface area contributed by atoms with Crippen LogP contribution < -0.4 is 11.1 Å². The molecule has 0 aliphatic carbocycles. The zero-order chi connectivity index (χ0) is 9.26. The third-order valence-electron chi connectivity index (χ3n) is 2.30. The molecule has 1 amide bonds. The van der Waals surface area contributed by atoms with Crippen molar-refractivity contribution in [3.05, 3.63) is 35.4 Å². The highest BCUT2D eigenvalue weighted by Crippen LogP contribution is 2.21. The Balaban J connectivity index is 2.42. The van der Waals surface area contributed by atoms with Gasteiger partial charge in [0.15, 0.2) is 0 Å². The second-order valence-electron chi connectivity index (χ2n) is 3.14. The number of benzene rings is 1. The summed E-state index contributed by atoms with van der Waals surface area (Å²) in [6, 6.07) is 8.46. The van der Waals surface area contributed by atoms with Crippen LogP contribution in [0, 0.1) is 6.07 Å². The third-order valence-corrected chi connectivity index (χ3v) is 2.30. The Hall–Kier alpha value is -1.35. The summed E-state index contributed by atoms with van der Waals surface area (Å²) in [7, 11) is 0. The van der Waals surface area contributed by atoms with Crippen molar-refractivity contribution in [2.75, 3.05) is 6.54 Å². The van der Waals surface area contributed by atoms with E-state index in [9.17, 15) is 4.79 Å². The van der Waals surface area contributed by atoms with Crippen LogP contribution in [0.5, 0.6) is 0 Å². The Morgan fingerprint density at radius 3 is 3.31 bits per heavy atom. The van der Waals surface area contributed by atoms with Crippen LogP contribution in [0.25, 0.3) is 0 Å². The summed E-state index contributed by atoms with van der Waals surface area (Å²) in [6.45, 7) is 0.793. The quantitative estimate of drug-likeness (QED) is 0.638. The van der Waals surface area contributed by atoms with Crippen LogP contribution in [0.2, 0.25) is 0 Å². The summed E-state index contributed by atoms with van der Waals surface area (Å²) >= 11 is 0. The Bertz CT molecular complexity index is 335. The molecule has 1 radical (unpaired) electrons. The SMILES string of the molecule is NC(=O)C1NCCc2[c]cccc21. The predicted molar refractivity (Wildman–Crippen MR) is 48.9 cm³/mol. The van der Waals surface area contributed by atoms with Gasteiger partial charge in [-0.15, -0.1) is 0 Å². The van der Waals surface area contributed by atoms with E-state index < -0.39 is 0 Å². The van der Waals surface area contributed by atoms with E-state index in [1.54, 1.807) is 0 Å². The van der Waals surface area contributed by atoms with Gasteiger partial charge in [0, 0.05) is 6.54 Å². The first-order valence-corrected chi connectivity index (χ1v) is 4.31. The van der Waals surface area contributed by atoms with E-state index in [1.165, 1.54) is 0 Å². The second kappa shape index (κ2) is 3.18. The largest absolute Gasteiger partial charge is 0.368 e. The van der Waals surface area contributed by atoms with Crippen LogP contribution in [0.15, 0.2) is 18.2 Å². The third kappa shape index (κ3) is 1.42. The van der Waals surface area contributed by atoms with Crippen molar-refractivity contribution in [3.63, 3.8) is 0 Å². The lowest BCUT2D eigenvalue weighted by molar-refractivity contribution is -0.120. The summed E-state index contributed by atoms with van der Waals surface area (Å²) in [6.07, 6.45) is 0.917. The first-order chi connectivity index (χ1) is 6.29. The lowest BCUT2D eigenvalue weighted by atomic mass is 9.94. The molecule has 1 aromatic carbocycles. The number of nitrogens with two attached hydrogens (primary N) is 1. The van der Waals surface area contributed by atoms with E-state index in [2.05, 4.69) is 11.4 Å². The van der Waals surface area contributed by atoms with Crippen LogP contribution >= 0.6 is 0 Å². The Kier molecular flexibility index (Phi) is 2.02. The van der Waals surface area contributed by atoms with Gasteiger partial charge >= 0.3 is 0 Å². The number of carbonyl (C=O) groups is 1. The molecule has 1 atom stereocenters. The molecule has 3 heteroatoms. The standard InChI is InChI=1S/C10H11N2O/c11-10(13)9-8-4-2-1-3-7(8)5-6-12-9/h1-2,4,9,12H,5-6H2,(H2,11,13). The first kappa shape index (κ1) is 8.26. The molecule has 1 aromatic rings. The highest BCUT2D eigenvalue weighted by Gasteiger charge is 2.23. The maximum Gasteiger partial charge on any atom is 0.239 e. The normalized spacial score (nSPS) is 20.8. The van der Waals surface area contributed by atoms with Gasteiger partial charge in [-0.1, -0.05) is 18.2 Å². The molecule has 3 N–H and O–H groups in total. The van der Waals surface area contributed by atoms with Gasteiger partial charge in [-0.2, -0.15) is 0 Å². The van der Waals surface area contributed by atoms with Gasteiger partial charge in [-0.25, -0.2) is 0 Å². The number of amides is 1. The Labute approximate surface area is 76.9 Å². The molecule has 1 heterocycles. The van der Waals surface area contributed by atoms with Gasteiger partial charge in [-0.05, 0) is 23.6 Å². The summed E-state index contributed by atoms with van der Waals surface area (Å²) < 4.78 is 0. The smallest absolute Gasteiger partial charge is 0.239 e. The molecule has 13 heavy (non-hydrogen) atoms. The summed E-state index contributed by atoms with van der Waals surface area (Å²) in [5, 5.41) is 3.08. The summed E-state index contributed by atoms with van der Waals surface area (Å²) in [4.78, 5) is 11.1. The average Bonchev–Trinajstić information content (AvgIpc) is 2.17. The molecule has 2 rings (SSSR count). The van der Waals surface area contributed by atoms with E-state index in [1.807, 2.05) is 18.2 Å². The lowest BCUT2D eigenvalue weighted by Crippen LogP contribution is -2.38. The Morgan fingerprint density at radius 2 is 2.54 bits per heavy atom. The fourth-order valence-electron chi connectivity index (χ4n) is 1.68. The van der Waals surface area contributed by atoms with E-state index in [0.717, 1.165) is 24.1 Å². The van der Waals surface area contributed by atoms with E-state index in [4.69, 9.17) is 5.73 Å². The maximum atomic E-state index is 11.1. The van der Waals surface area contributed by atoms with E-state index in [-0.39, 0.29) is 11.9 Å². The molecule has 1 aliphatic heterocycles. The van der Waals surface area contributed by atoms with Crippen molar-refractivity contribution in [1.82, 2.24) is 5.32 Å². The van der Waals surface area contributed by atoms with Crippen LogP contribution in [0.4, 0.5) is 0 Å². The van der Waals surface area contributed by atoms with Crippen LogP contribution in [-0.4, -0.2) is 12.5 Å². The maximum absolute atomic E-state index is 11.1. The predicted octanol–water partition coefficient (Wildman–Crippen LogP) is 0.159. The molecule has 1 aliphatic rings. The van der Waals surface area contributed by atoms with E-state index >= 15 is 0 Å². The molecule has 0 fully saturated rings. The molecule has 1 unspecified atom stereocenters. The topological polar surface area (TPSA) is 55.1 Å². The van der Waals surface area contributed by atoms with Crippen LogP contribution in [0.1, 0.15) is 17.2 Å². The minimum absolute atomic E-state index is 0.319. The van der Waals surface area contributed by atoms with Crippen molar-refractivity contribution in [2.24, 2.45) is 5.73 Å². The van der Waals surface area contributed by atoms with Crippen molar-refractivity contribution >= 4 is 5.91 Å². The summed E-state index contributed by atoms with van der Waals surface area (Å²) in [5.41, 5.74) is 7.34. The van der Waals surface area contributed by atoms with Crippen molar-refractivity contribution in [3.8, 4) is 0 Å². The zero-order valence-electron chi connectivity index (χ0n) is 7.21. The van der Waals surface area contributed by atoms with Gasteiger partial charge in [0.2, 0.25) is 5.91 Å². The van der Waals surface area contributed by atoms with Gasteiger partial charge in [-0.3, -0.25) is 4.79 Å². The van der Waals surface area contributed by atoms with Gasteiger partial charge in [0.1, 0.15) is 6.04 Å².